The third-order valence-corrected chi connectivity index (χ3v) is 13.5. The molecule has 2 N–H and O–H groups in total. The number of aliphatic hydroxyl groups excluding tert-OH is 2. The van der Waals surface area contributed by atoms with E-state index in [1.807, 2.05) is 66.9 Å². The number of pyridine rings is 2. The first-order valence-electron chi connectivity index (χ1n) is 24.8. The van der Waals surface area contributed by atoms with Crippen molar-refractivity contribution in [2.75, 3.05) is 13.2 Å². The highest BCUT2D eigenvalue weighted by Gasteiger charge is 2.29. The van der Waals surface area contributed by atoms with Crippen molar-refractivity contribution in [3.63, 3.8) is 0 Å². The number of aryl methyl sites for hydroxylation is 2. The van der Waals surface area contributed by atoms with Gasteiger partial charge in [0.15, 0.2) is 22.3 Å². The van der Waals surface area contributed by atoms with Crippen molar-refractivity contribution in [3.8, 4) is 34.5 Å². The van der Waals surface area contributed by atoms with Gasteiger partial charge in [0.1, 0.15) is 29.7 Å². The first kappa shape index (κ1) is 49.5. The van der Waals surface area contributed by atoms with Crippen LogP contribution in [-0.2, 0) is 39.3 Å². The number of fused-ring (bicyclic) bond motifs is 2. The number of aromatic nitrogens is 10. The van der Waals surface area contributed by atoms with Crippen molar-refractivity contribution < 1.29 is 24.1 Å². The Morgan fingerprint density at radius 3 is 1.50 bits per heavy atom. The number of hydrogen-bond acceptors (Lipinski definition) is 12. The number of imidazole rings is 2. The van der Waals surface area contributed by atoms with Crippen LogP contribution in [0.25, 0.3) is 45.1 Å². The van der Waals surface area contributed by atoms with Crippen LogP contribution in [0.3, 0.4) is 0 Å². The molecule has 19 heteroatoms. The number of rotatable bonds is 18. The van der Waals surface area contributed by atoms with Gasteiger partial charge >= 0.3 is 11.4 Å². The van der Waals surface area contributed by atoms with Gasteiger partial charge < -0.3 is 28.8 Å². The number of nitrogens with zero attached hydrogens (tertiary/aromatic N) is 10. The highest BCUT2D eigenvalue weighted by atomic mass is 19.1. The molecule has 2 fully saturated rings. The Morgan fingerprint density at radius 2 is 1.10 bits per heavy atom. The topological polar surface area (TPSA) is 208 Å². The third-order valence-electron chi connectivity index (χ3n) is 13.5. The maximum Gasteiger partial charge on any atom is 0.332 e. The number of aliphatic hydroxyl groups is 2. The molecule has 2 aliphatic carbocycles. The lowest BCUT2D eigenvalue weighted by atomic mass is 9.84. The Bertz CT molecular complexity index is 3410. The van der Waals surface area contributed by atoms with Crippen molar-refractivity contribution >= 4 is 22.3 Å². The molecule has 8 aromatic rings. The van der Waals surface area contributed by atoms with Gasteiger partial charge in [-0.05, 0) is 100 Å². The number of halogens is 1. The fourth-order valence-electron chi connectivity index (χ4n) is 9.08. The first-order valence-corrected chi connectivity index (χ1v) is 24.8. The SMILES string of the molecule is CCn1c(=O)n(CCCO)c(=O)c2c1nc(-c1ccc(OC3CCC3)nc1)n2Cc1ccc(F)cc1.CCn1c(=O)n(CCCO)c(=O)c2c1nc(-c1ccc(OC3CCC3C)nc1)n2Cc1ccccc1. The first-order chi connectivity index (χ1) is 35.0. The maximum atomic E-state index is 13.6. The maximum absolute atomic E-state index is 13.6. The van der Waals surface area contributed by atoms with E-state index in [0.717, 1.165) is 46.9 Å². The minimum absolute atomic E-state index is 0.0932. The van der Waals surface area contributed by atoms with Crippen molar-refractivity contribution in [1.29, 1.82) is 0 Å². The van der Waals surface area contributed by atoms with Gasteiger partial charge in [-0.3, -0.25) is 27.9 Å². The zero-order valence-corrected chi connectivity index (χ0v) is 40.7. The van der Waals surface area contributed by atoms with E-state index in [-0.39, 0.29) is 68.5 Å². The van der Waals surface area contributed by atoms with Gasteiger partial charge in [-0.15, -0.1) is 0 Å². The second-order valence-electron chi connectivity index (χ2n) is 18.3. The van der Waals surface area contributed by atoms with Crippen LogP contribution in [-0.4, -0.2) is 83.0 Å². The van der Waals surface area contributed by atoms with E-state index < -0.39 is 22.5 Å². The van der Waals surface area contributed by atoms with Gasteiger partial charge in [-0.25, -0.2) is 33.9 Å². The van der Waals surface area contributed by atoms with Crippen LogP contribution in [0.5, 0.6) is 11.8 Å². The molecule has 0 amide bonds. The molecule has 2 aliphatic rings. The molecule has 6 heterocycles. The largest absolute Gasteiger partial charge is 0.474 e. The zero-order chi connectivity index (χ0) is 50.5. The fraction of sp³-hybridized carbons (Fsp3) is 0.396. The number of hydrogen-bond donors (Lipinski definition) is 2. The molecule has 2 atom stereocenters. The molecule has 0 aliphatic heterocycles. The summed E-state index contributed by atoms with van der Waals surface area (Å²) in [6.45, 7) is 7.15. The molecule has 376 valence electrons. The Balaban J connectivity index is 0.000000178. The molecule has 2 unspecified atom stereocenters. The van der Waals surface area contributed by atoms with Crippen molar-refractivity contribution in [2.24, 2.45) is 5.92 Å². The van der Waals surface area contributed by atoms with Crippen LogP contribution in [0.1, 0.15) is 76.8 Å². The van der Waals surface area contributed by atoms with E-state index in [1.165, 1.54) is 32.3 Å². The van der Waals surface area contributed by atoms with Crippen LogP contribution in [0.4, 0.5) is 4.39 Å². The van der Waals surface area contributed by atoms with E-state index in [9.17, 15) is 33.8 Å². The molecule has 2 aromatic carbocycles. The van der Waals surface area contributed by atoms with E-state index in [2.05, 4.69) is 16.9 Å². The predicted molar refractivity (Wildman–Crippen MR) is 270 cm³/mol. The number of benzene rings is 2. The molecule has 6 aromatic heterocycles. The average Bonchev–Trinajstić information content (AvgIpc) is 3.94. The monoisotopic (exact) mass is 982 g/mol. The van der Waals surface area contributed by atoms with Crippen molar-refractivity contribution in [1.82, 2.24) is 47.3 Å². The summed E-state index contributed by atoms with van der Waals surface area (Å²) < 4.78 is 34.3. The van der Waals surface area contributed by atoms with E-state index in [4.69, 9.17) is 19.4 Å². The summed E-state index contributed by atoms with van der Waals surface area (Å²) >= 11 is 0. The highest BCUT2D eigenvalue weighted by molar-refractivity contribution is 5.78. The summed E-state index contributed by atoms with van der Waals surface area (Å²) in [5.74, 6) is 2.30. The Kier molecular flexibility index (Phi) is 15.0. The van der Waals surface area contributed by atoms with E-state index in [0.29, 0.717) is 72.1 Å². The van der Waals surface area contributed by atoms with Gasteiger partial charge in [0.25, 0.3) is 11.1 Å². The normalized spacial score (nSPS) is 15.5. The summed E-state index contributed by atoms with van der Waals surface area (Å²) in [4.78, 5) is 71.9. The Hall–Kier alpha value is -7.51. The van der Waals surface area contributed by atoms with Crippen molar-refractivity contribution in [2.45, 2.75) is 117 Å². The minimum atomic E-state index is -0.480. The van der Waals surface area contributed by atoms with Crippen LogP contribution in [0, 0.1) is 11.7 Å². The molecule has 72 heavy (non-hydrogen) atoms. The highest BCUT2D eigenvalue weighted by Crippen LogP contribution is 2.32. The van der Waals surface area contributed by atoms with Gasteiger partial charge in [-0.2, -0.15) is 0 Å². The Morgan fingerprint density at radius 1 is 0.597 bits per heavy atom. The molecular weight excluding hydrogens is 924 g/mol. The van der Waals surface area contributed by atoms with E-state index >= 15 is 0 Å². The minimum Gasteiger partial charge on any atom is -0.474 e. The van der Waals surface area contributed by atoms with Crippen LogP contribution >= 0.6 is 0 Å². The van der Waals surface area contributed by atoms with Gasteiger partial charge in [-0.1, -0.05) is 49.4 Å². The third kappa shape index (κ3) is 10.0. The van der Waals surface area contributed by atoms with Gasteiger partial charge in [0, 0.05) is 88.1 Å². The smallest absolute Gasteiger partial charge is 0.332 e. The quantitative estimate of drug-likeness (QED) is 0.102. The standard InChI is InChI=1S/C27H31N5O4.C26H28FN5O4/c1-3-30-25-23(26(34)31(27(30)35)14-7-15-33)32(17-19-8-5-4-6-9-19)24(29-25)20-11-13-22(28-16-20)36-21-12-10-18(21)2;1-2-30-24-22(25(34)31(26(30)35)13-4-14-33)32(16-17-7-10-19(27)11-8-17)23(29-24)18-9-12-21(28-15-18)36-20-5-3-6-20/h4-6,8-9,11,13,16,18,21,33H,3,7,10,12,14-15,17H2,1-2H3;7-12,15,20,33H,2-6,13-14,16H2,1H3. The predicted octanol–water partition coefficient (Wildman–Crippen LogP) is 5.99. The molecule has 0 spiro atoms. The van der Waals surface area contributed by atoms with Crippen molar-refractivity contribution in [3.05, 3.63) is 150 Å². The average molecular weight is 983 g/mol. The van der Waals surface area contributed by atoms with Crippen LogP contribution in [0.2, 0.25) is 0 Å². The molecule has 0 radical (unpaired) electrons. The van der Waals surface area contributed by atoms with Crippen LogP contribution < -0.4 is 32.0 Å². The molecule has 0 saturated heterocycles. The van der Waals surface area contributed by atoms with Gasteiger partial charge in [0.05, 0.1) is 0 Å². The molecule has 0 bridgehead atoms. The number of ether oxygens (including phenoxy) is 2. The van der Waals surface area contributed by atoms with E-state index in [1.54, 1.807) is 35.2 Å². The summed E-state index contributed by atoms with van der Waals surface area (Å²) in [5.41, 5.74) is 2.63. The Labute approximate surface area is 413 Å². The second kappa shape index (κ2) is 21.9. The molecule has 18 nitrogen and oxygen atoms in total. The zero-order valence-electron chi connectivity index (χ0n) is 40.7. The second-order valence-corrected chi connectivity index (χ2v) is 18.3. The van der Waals surface area contributed by atoms with Gasteiger partial charge in [0.2, 0.25) is 11.8 Å². The van der Waals surface area contributed by atoms with Crippen LogP contribution in [0.15, 0.2) is 110 Å². The molecule has 10 rings (SSSR count). The molecule has 2 saturated carbocycles. The summed E-state index contributed by atoms with van der Waals surface area (Å²) in [7, 11) is 0. The fourth-order valence-corrected chi connectivity index (χ4v) is 9.08. The molecular formula is C53H59FN10O8. The lowest BCUT2D eigenvalue weighted by molar-refractivity contribution is 0.0535. The lowest BCUT2D eigenvalue weighted by Crippen LogP contribution is -2.40. The lowest BCUT2D eigenvalue weighted by Gasteiger charge is -2.33. The summed E-state index contributed by atoms with van der Waals surface area (Å²) in [6, 6.07) is 23.2. The summed E-state index contributed by atoms with van der Waals surface area (Å²) in [5, 5.41) is 18.6. The summed E-state index contributed by atoms with van der Waals surface area (Å²) in [6.07, 6.45) is 9.74.